The van der Waals surface area contributed by atoms with Gasteiger partial charge in [-0.2, -0.15) is 0 Å². The predicted molar refractivity (Wildman–Crippen MR) is 84.1 cm³/mol. The monoisotopic (exact) mass is 269 g/mol. The Kier molecular flexibility index (Phi) is 3.93. The van der Waals surface area contributed by atoms with Gasteiger partial charge < -0.3 is 10.1 Å². The van der Waals surface area contributed by atoms with Gasteiger partial charge in [0.25, 0.3) is 0 Å². The number of nitrogens with one attached hydrogen (secondary N) is 1. The predicted octanol–water partition coefficient (Wildman–Crippen LogP) is 4.13. The van der Waals surface area contributed by atoms with Gasteiger partial charge in [-0.25, -0.2) is 0 Å². The Morgan fingerprint density at radius 1 is 1.15 bits per heavy atom. The maximum absolute atomic E-state index is 5.99. The highest BCUT2D eigenvalue weighted by Crippen LogP contribution is 2.30. The molecule has 0 radical (unpaired) electrons. The van der Waals surface area contributed by atoms with Gasteiger partial charge in [-0.05, 0) is 56.0 Å². The van der Waals surface area contributed by atoms with Crippen LogP contribution in [0, 0.1) is 5.92 Å². The lowest BCUT2D eigenvalue weighted by molar-refractivity contribution is 0.240. The lowest BCUT2D eigenvalue weighted by Crippen LogP contribution is -2.18. The Hall–Kier alpha value is -1.54. The van der Waals surface area contributed by atoms with Gasteiger partial charge in [0.1, 0.15) is 5.75 Å². The van der Waals surface area contributed by atoms with Crippen LogP contribution >= 0.6 is 0 Å². The fourth-order valence-electron chi connectivity index (χ4n) is 2.59. The standard InChI is InChI=1S/C18H23NO/c1-13(2)20-18-10-9-15-5-3-4-6-16(15)17(18)12-19-11-14-7-8-14/h3-6,9-10,13-14,19H,7-8,11-12H2,1-2H3. The molecule has 0 heterocycles. The zero-order valence-electron chi connectivity index (χ0n) is 12.4. The number of hydrogen-bond donors (Lipinski definition) is 1. The molecule has 1 saturated carbocycles. The number of hydrogen-bond acceptors (Lipinski definition) is 2. The fraction of sp³-hybridized carbons (Fsp3) is 0.444. The molecule has 0 amide bonds. The fourth-order valence-corrected chi connectivity index (χ4v) is 2.59. The molecular weight excluding hydrogens is 246 g/mol. The Labute approximate surface area is 121 Å². The summed E-state index contributed by atoms with van der Waals surface area (Å²) in [5, 5.41) is 6.17. The molecule has 1 N–H and O–H groups in total. The van der Waals surface area contributed by atoms with Crippen LogP contribution in [0.15, 0.2) is 36.4 Å². The molecule has 0 bridgehead atoms. The average molecular weight is 269 g/mol. The summed E-state index contributed by atoms with van der Waals surface area (Å²) >= 11 is 0. The van der Waals surface area contributed by atoms with Crippen molar-refractivity contribution in [2.45, 2.75) is 39.3 Å². The van der Waals surface area contributed by atoms with Crippen molar-refractivity contribution in [3.05, 3.63) is 42.0 Å². The summed E-state index contributed by atoms with van der Waals surface area (Å²) in [5.74, 6) is 1.92. The van der Waals surface area contributed by atoms with Gasteiger partial charge in [-0.3, -0.25) is 0 Å². The SMILES string of the molecule is CC(C)Oc1ccc2ccccc2c1CNCC1CC1. The zero-order chi connectivity index (χ0) is 13.9. The summed E-state index contributed by atoms with van der Waals surface area (Å²) in [4.78, 5) is 0. The van der Waals surface area contributed by atoms with E-state index in [1.54, 1.807) is 0 Å². The third-order valence-corrected chi connectivity index (χ3v) is 3.79. The molecule has 106 valence electrons. The molecule has 0 aliphatic heterocycles. The highest BCUT2D eigenvalue weighted by molar-refractivity contribution is 5.87. The van der Waals surface area contributed by atoms with E-state index >= 15 is 0 Å². The smallest absolute Gasteiger partial charge is 0.124 e. The lowest BCUT2D eigenvalue weighted by atomic mass is 10.0. The molecule has 0 unspecified atom stereocenters. The largest absolute Gasteiger partial charge is 0.491 e. The minimum atomic E-state index is 0.207. The molecule has 1 aliphatic rings. The van der Waals surface area contributed by atoms with Crippen LogP contribution < -0.4 is 10.1 Å². The van der Waals surface area contributed by atoms with Gasteiger partial charge in [0.15, 0.2) is 0 Å². The first-order valence-corrected chi connectivity index (χ1v) is 7.62. The molecule has 2 aromatic carbocycles. The van der Waals surface area contributed by atoms with Crippen molar-refractivity contribution < 1.29 is 4.74 Å². The first kappa shape index (κ1) is 13.4. The van der Waals surface area contributed by atoms with Crippen molar-refractivity contribution in [1.82, 2.24) is 5.32 Å². The normalized spacial score (nSPS) is 14.9. The first-order chi connectivity index (χ1) is 9.74. The molecule has 3 rings (SSSR count). The van der Waals surface area contributed by atoms with Crippen LogP contribution in [0.25, 0.3) is 10.8 Å². The molecule has 20 heavy (non-hydrogen) atoms. The average Bonchev–Trinajstić information content (AvgIpc) is 3.24. The molecule has 1 fully saturated rings. The Morgan fingerprint density at radius 2 is 1.95 bits per heavy atom. The van der Waals surface area contributed by atoms with Gasteiger partial charge in [0, 0.05) is 12.1 Å². The van der Waals surface area contributed by atoms with Crippen molar-refractivity contribution >= 4 is 10.8 Å². The van der Waals surface area contributed by atoms with Gasteiger partial charge in [0.2, 0.25) is 0 Å². The second kappa shape index (κ2) is 5.84. The van der Waals surface area contributed by atoms with Crippen LogP contribution in [-0.4, -0.2) is 12.6 Å². The van der Waals surface area contributed by atoms with Crippen LogP contribution in [-0.2, 0) is 6.54 Å². The van der Waals surface area contributed by atoms with Gasteiger partial charge in [-0.1, -0.05) is 30.3 Å². The van der Waals surface area contributed by atoms with E-state index < -0.39 is 0 Å². The molecule has 0 aromatic heterocycles. The molecular formula is C18H23NO. The van der Waals surface area contributed by atoms with E-state index in [2.05, 4.69) is 55.6 Å². The molecule has 2 nitrogen and oxygen atoms in total. The van der Waals surface area contributed by atoms with Crippen molar-refractivity contribution in [2.24, 2.45) is 5.92 Å². The summed E-state index contributed by atoms with van der Waals surface area (Å²) < 4.78 is 5.99. The summed E-state index contributed by atoms with van der Waals surface area (Å²) in [6.45, 7) is 6.18. The van der Waals surface area contributed by atoms with E-state index in [1.165, 1.54) is 29.2 Å². The van der Waals surface area contributed by atoms with Gasteiger partial charge in [0.05, 0.1) is 6.10 Å². The van der Waals surface area contributed by atoms with Crippen molar-refractivity contribution in [3.8, 4) is 5.75 Å². The third-order valence-electron chi connectivity index (χ3n) is 3.79. The van der Waals surface area contributed by atoms with E-state index in [-0.39, 0.29) is 6.10 Å². The first-order valence-electron chi connectivity index (χ1n) is 7.62. The number of benzene rings is 2. The van der Waals surface area contributed by atoms with Gasteiger partial charge in [-0.15, -0.1) is 0 Å². The van der Waals surface area contributed by atoms with Crippen LogP contribution in [0.1, 0.15) is 32.3 Å². The second-order valence-electron chi connectivity index (χ2n) is 6.00. The summed E-state index contributed by atoms with van der Waals surface area (Å²) in [6.07, 6.45) is 2.98. The molecule has 0 atom stereocenters. The van der Waals surface area contributed by atoms with E-state index in [0.717, 1.165) is 24.8 Å². The molecule has 1 aliphatic carbocycles. The molecule has 0 spiro atoms. The van der Waals surface area contributed by atoms with E-state index in [9.17, 15) is 0 Å². The van der Waals surface area contributed by atoms with Crippen LogP contribution in [0.3, 0.4) is 0 Å². The second-order valence-corrected chi connectivity index (χ2v) is 6.00. The number of fused-ring (bicyclic) bond motifs is 1. The summed E-state index contributed by atoms with van der Waals surface area (Å²) in [6, 6.07) is 12.8. The van der Waals surface area contributed by atoms with Crippen molar-refractivity contribution in [3.63, 3.8) is 0 Å². The summed E-state index contributed by atoms with van der Waals surface area (Å²) in [5.41, 5.74) is 1.29. The van der Waals surface area contributed by atoms with Crippen molar-refractivity contribution in [1.29, 1.82) is 0 Å². The van der Waals surface area contributed by atoms with E-state index in [0.29, 0.717) is 0 Å². The molecule has 2 heteroatoms. The minimum Gasteiger partial charge on any atom is -0.491 e. The van der Waals surface area contributed by atoms with Crippen LogP contribution in [0.2, 0.25) is 0 Å². The third kappa shape index (κ3) is 3.13. The van der Waals surface area contributed by atoms with E-state index in [1.807, 2.05) is 0 Å². The lowest BCUT2D eigenvalue weighted by Gasteiger charge is -2.17. The Balaban J connectivity index is 1.89. The van der Waals surface area contributed by atoms with E-state index in [4.69, 9.17) is 4.74 Å². The minimum absolute atomic E-state index is 0.207. The zero-order valence-corrected chi connectivity index (χ0v) is 12.4. The number of rotatable bonds is 6. The Morgan fingerprint density at radius 3 is 2.70 bits per heavy atom. The maximum Gasteiger partial charge on any atom is 0.124 e. The molecule has 2 aromatic rings. The van der Waals surface area contributed by atoms with Gasteiger partial charge >= 0.3 is 0 Å². The molecule has 0 saturated heterocycles. The Bertz CT molecular complexity index is 587. The van der Waals surface area contributed by atoms with Crippen LogP contribution in [0.4, 0.5) is 0 Å². The maximum atomic E-state index is 5.99. The highest BCUT2D eigenvalue weighted by Gasteiger charge is 2.20. The highest BCUT2D eigenvalue weighted by atomic mass is 16.5. The topological polar surface area (TPSA) is 21.3 Å². The summed E-state index contributed by atoms with van der Waals surface area (Å²) in [7, 11) is 0. The van der Waals surface area contributed by atoms with Crippen molar-refractivity contribution in [2.75, 3.05) is 6.54 Å². The van der Waals surface area contributed by atoms with Crippen LogP contribution in [0.5, 0.6) is 5.75 Å². The number of ether oxygens (including phenoxy) is 1. The quantitative estimate of drug-likeness (QED) is 0.851.